The molecule has 5 heteroatoms. The van der Waals surface area contributed by atoms with Gasteiger partial charge < -0.3 is 10.7 Å². The maximum absolute atomic E-state index is 13.7. The molecule has 1 heterocycles. The second-order valence-electron chi connectivity index (χ2n) is 5.37. The van der Waals surface area contributed by atoms with E-state index in [2.05, 4.69) is 23.8 Å². The molecule has 1 aromatic heterocycles. The van der Waals surface area contributed by atoms with Gasteiger partial charge in [0.2, 0.25) is 0 Å². The van der Waals surface area contributed by atoms with Gasteiger partial charge in [-0.15, -0.1) is 0 Å². The molecule has 2 rings (SSSR count). The molecule has 0 aliphatic heterocycles. The molecule has 0 aliphatic carbocycles. The van der Waals surface area contributed by atoms with E-state index < -0.39 is 11.6 Å². The number of halogens is 2. The number of imidazole rings is 1. The Morgan fingerprint density at radius 2 is 2.05 bits per heavy atom. The molecule has 0 radical (unpaired) electrons. The highest BCUT2D eigenvalue weighted by Crippen LogP contribution is 2.25. The first-order valence-electron chi connectivity index (χ1n) is 6.71. The molecule has 1 aromatic carbocycles. The van der Waals surface area contributed by atoms with Gasteiger partial charge in [-0.3, -0.25) is 0 Å². The molecule has 1 unspecified atom stereocenters. The summed E-state index contributed by atoms with van der Waals surface area (Å²) in [7, 11) is 0. The monoisotopic (exact) mass is 279 g/mol. The van der Waals surface area contributed by atoms with Crippen LogP contribution < -0.4 is 5.73 Å². The van der Waals surface area contributed by atoms with Crippen molar-refractivity contribution in [1.82, 2.24) is 9.97 Å². The van der Waals surface area contributed by atoms with Gasteiger partial charge >= 0.3 is 0 Å². The number of H-pyrrole nitrogens is 1. The van der Waals surface area contributed by atoms with Crippen molar-refractivity contribution < 1.29 is 8.78 Å². The third-order valence-corrected chi connectivity index (χ3v) is 3.24. The summed E-state index contributed by atoms with van der Waals surface area (Å²) in [5, 5.41) is 0. The minimum atomic E-state index is -0.603. The largest absolute Gasteiger partial charge is 0.342 e. The molecule has 3 nitrogen and oxygen atoms in total. The fourth-order valence-corrected chi connectivity index (χ4v) is 2.28. The van der Waals surface area contributed by atoms with Crippen LogP contribution in [0.5, 0.6) is 0 Å². The summed E-state index contributed by atoms with van der Waals surface area (Å²) in [5.74, 6) is 0.172. The van der Waals surface area contributed by atoms with E-state index in [1.165, 1.54) is 12.1 Å². The number of nitrogens with zero attached hydrogens (tertiary/aromatic N) is 1. The highest BCUT2D eigenvalue weighted by Gasteiger charge is 2.16. The van der Waals surface area contributed by atoms with Gasteiger partial charge in [0.05, 0.1) is 11.9 Å². The molecule has 0 aliphatic rings. The van der Waals surface area contributed by atoms with E-state index in [1.807, 2.05) is 0 Å². The molecule has 0 saturated carbocycles. The lowest BCUT2D eigenvalue weighted by Gasteiger charge is -2.14. The number of nitrogens with one attached hydrogen (secondary N) is 1. The smallest absolute Gasteiger partial charge is 0.135 e. The van der Waals surface area contributed by atoms with E-state index in [9.17, 15) is 8.78 Å². The van der Waals surface area contributed by atoms with E-state index in [0.717, 1.165) is 18.3 Å². The predicted octanol–water partition coefficient (Wildman–Crippen LogP) is 3.44. The maximum Gasteiger partial charge on any atom is 0.135 e. The summed E-state index contributed by atoms with van der Waals surface area (Å²) < 4.78 is 26.6. The molecule has 0 bridgehead atoms. The third-order valence-electron chi connectivity index (χ3n) is 3.24. The Hall–Kier alpha value is -1.75. The lowest BCUT2D eigenvalue weighted by molar-refractivity contribution is 0.490. The molecule has 1 atom stereocenters. The van der Waals surface area contributed by atoms with Crippen LogP contribution in [0.2, 0.25) is 0 Å². The summed E-state index contributed by atoms with van der Waals surface area (Å²) in [5.41, 5.74) is 6.62. The number of rotatable bonds is 5. The van der Waals surface area contributed by atoms with Crippen molar-refractivity contribution in [3.63, 3.8) is 0 Å². The minimum Gasteiger partial charge on any atom is -0.342 e. The average Bonchev–Trinajstić information content (AvgIpc) is 2.85. The molecule has 0 spiro atoms. The van der Waals surface area contributed by atoms with Gasteiger partial charge in [-0.25, -0.2) is 13.8 Å². The van der Waals surface area contributed by atoms with Gasteiger partial charge in [0.15, 0.2) is 0 Å². The molecule has 0 amide bonds. The van der Waals surface area contributed by atoms with Crippen LogP contribution in [0.25, 0.3) is 11.3 Å². The zero-order valence-corrected chi connectivity index (χ0v) is 11.7. The fraction of sp³-hybridized carbons (Fsp3) is 0.400. The summed E-state index contributed by atoms with van der Waals surface area (Å²) in [6.45, 7) is 4.72. The van der Waals surface area contributed by atoms with Gasteiger partial charge in [0, 0.05) is 24.1 Å². The van der Waals surface area contributed by atoms with E-state index in [1.54, 1.807) is 6.20 Å². The van der Waals surface area contributed by atoms with Crippen LogP contribution in [0.3, 0.4) is 0 Å². The number of aromatic nitrogens is 2. The molecular formula is C15H19F2N3. The molecule has 20 heavy (non-hydrogen) atoms. The maximum atomic E-state index is 13.7. The topological polar surface area (TPSA) is 54.7 Å². The Kier molecular flexibility index (Phi) is 4.49. The van der Waals surface area contributed by atoms with Crippen molar-refractivity contribution in [2.45, 2.75) is 26.2 Å². The van der Waals surface area contributed by atoms with E-state index in [4.69, 9.17) is 5.73 Å². The Morgan fingerprint density at radius 1 is 1.30 bits per heavy atom. The summed E-state index contributed by atoms with van der Waals surface area (Å²) >= 11 is 0. The first-order chi connectivity index (χ1) is 9.51. The number of hydrogen-bond donors (Lipinski definition) is 2. The quantitative estimate of drug-likeness (QED) is 0.880. The highest BCUT2D eigenvalue weighted by atomic mass is 19.1. The summed E-state index contributed by atoms with van der Waals surface area (Å²) in [6.07, 6.45) is 2.48. The number of hydrogen-bond acceptors (Lipinski definition) is 2. The summed E-state index contributed by atoms with van der Waals surface area (Å²) in [4.78, 5) is 7.38. The Morgan fingerprint density at radius 3 is 2.65 bits per heavy atom. The minimum absolute atomic E-state index is 0.118. The molecule has 2 aromatic rings. The lowest BCUT2D eigenvalue weighted by Crippen LogP contribution is -2.16. The van der Waals surface area contributed by atoms with Crippen LogP contribution in [-0.4, -0.2) is 16.5 Å². The van der Waals surface area contributed by atoms with Crippen molar-refractivity contribution >= 4 is 0 Å². The lowest BCUT2D eigenvalue weighted by atomic mass is 9.97. The van der Waals surface area contributed by atoms with Gasteiger partial charge in [-0.1, -0.05) is 13.8 Å². The first-order valence-corrected chi connectivity index (χ1v) is 6.71. The van der Waals surface area contributed by atoms with Crippen molar-refractivity contribution in [2.24, 2.45) is 11.7 Å². The van der Waals surface area contributed by atoms with Crippen molar-refractivity contribution in [3.8, 4) is 11.3 Å². The fourth-order valence-electron chi connectivity index (χ4n) is 2.28. The normalized spacial score (nSPS) is 12.9. The van der Waals surface area contributed by atoms with Gasteiger partial charge in [-0.2, -0.15) is 0 Å². The average molecular weight is 279 g/mol. The van der Waals surface area contributed by atoms with Crippen LogP contribution >= 0.6 is 0 Å². The van der Waals surface area contributed by atoms with E-state index in [0.29, 0.717) is 23.7 Å². The van der Waals surface area contributed by atoms with Crippen molar-refractivity contribution in [3.05, 3.63) is 41.9 Å². The van der Waals surface area contributed by atoms with Crippen LogP contribution in [-0.2, 0) is 0 Å². The molecule has 0 saturated heterocycles. The standard InChI is InChI=1S/C15H19F2N3/c1-9(2)5-10(7-18)15-19-8-14(20-15)12-4-3-11(16)6-13(12)17/h3-4,6,8-10H,5,7,18H2,1-2H3,(H,19,20). The van der Waals surface area contributed by atoms with Gasteiger partial charge in [-0.05, 0) is 24.5 Å². The van der Waals surface area contributed by atoms with E-state index in [-0.39, 0.29) is 5.92 Å². The van der Waals surface area contributed by atoms with Crippen LogP contribution in [0.4, 0.5) is 8.78 Å². The number of aromatic amines is 1. The predicted molar refractivity (Wildman–Crippen MR) is 75.2 cm³/mol. The highest BCUT2D eigenvalue weighted by molar-refractivity contribution is 5.59. The SMILES string of the molecule is CC(C)CC(CN)c1ncc(-c2ccc(F)cc2F)[nH]1. The second-order valence-corrected chi connectivity index (χ2v) is 5.37. The molecule has 3 N–H and O–H groups in total. The van der Waals surface area contributed by atoms with E-state index >= 15 is 0 Å². The van der Waals surface area contributed by atoms with Gasteiger partial charge in [0.1, 0.15) is 17.5 Å². The van der Waals surface area contributed by atoms with Crippen LogP contribution in [0.15, 0.2) is 24.4 Å². The van der Waals surface area contributed by atoms with Gasteiger partial charge in [0.25, 0.3) is 0 Å². The Bertz CT molecular complexity index is 578. The number of benzene rings is 1. The second kappa shape index (κ2) is 6.13. The number of nitrogens with two attached hydrogens (primary N) is 1. The Balaban J connectivity index is 2.27. The Labute approximate surface area is 117 Å². The zero-order valence-electron chi connectivity index (χ0n) is 11.7. The summed E-state index contributed by atoms with van der Waals surface area (Å²) in [6, 6.07) is 3.50. The molecular weight excluding hydrogens is 260 g/mol. The molecule has 108 valence electrons. The van der Waals surface area contributed by atoms with Crippen LogP contribution in [0, 0.1) is 17.6 Å². The van der Waals surface area contributed by atoms with Crippen LogP contribution in [0.1, 0.15) is 32.0 Å². The third kappa shape index (κ3) is 3.22. The zero-order chi connectivity index (χ0) is 14.7. The first kappa shape index (κ1) is 14.7. The van der Waals surface area contributed by atoms with Crippen molar-refractivity contribution in [1.29, 1.82) is 0 Å². The molecule has 0 fully saturated rings. The van der Waals surface area contributed by atoms with Crippen molar-refractivity contribution in [2.75, 3.05) is 6.54 Å².